The van der Waals surface area contributed by atoms with Crippen molar-refractivity contribution in [2.75, 3.05) is 32.4 Å². The van der Waals surface area contributed by atoms with E-state index in [4.69, 9.17) is 6.42 Å². The van der Waals surface area contributed by atoms with Crippen LogP contribution in [0.15, 0.2) is 0 Å². The highest BCUT2D eigenvalue weighted by Crippen LogP contribution is 2.21. The Balaban J connectivity index is 2.39. The summed E-state index contributed by atoms with van der Waals surface area (Å²) in [7, 11) is -3.14. The van der Waals surface area contributed by atoms with Crippen molar-refractivity contribution in [3.05, 3.63) is 0 Å². The van der Waals surface area contributed by atoms with E-state index in [9.17, 15) is 13.2 Å². The van der Waals surface area contributed by atoms with Crippen molar-refractivity contribution >= 4 is 15.8 Å². The monoisotopic (exact) mass is 272 g/mol. The number of hydrogen-bond acceptors (Lipinski definition) is 4. The highest BCUT2D eigenvalue weighted by Gasteiger charge is 2.26. The normalized spacial score (nSPS) is 21.4. The van der Waals surface area contributed by atoms with E-state index in [0.717, 1.165) is 12.8 Å². The lowest BCUT2D eigenvalue weighted by Gasteiger charge is -2.30. The van der Waals surface area contributed by atoms with E-state index in [1.54, 1.807) is 0 Å². The van der Waals surface area contributed by atoms with Gasteiger partial charge in [0.15, 0.2) is 0 Å². The highest BCUT2D eigenvalue weighted by atomic mass is 32.2. The molecule has 0 spiro atoms. The van der Waals surface area contributed by atoms with Crippen molar-refractivity contribution in [2.45, 2.75) is 19.3 Å². The molecule has 0 aromatic carbocycles. The second kappa shape index (κ2) is 6.88. The molecule has 1 N–H and O–H groups in total. The lowest BCUT2D eigenvalue weighted by Crippen LogP contribution is -2.40. The smallest absolute Gasteiger partial charge is 0.211 e. The topological polar surface area (TPSA) is 66.5 Å². The molecular weight excluding hydrogens is 252 g/mol. The minimum atomic E-state index is -3.14. The zero-order valence-corrected chi connectivity index (χ0v) is 11.5. The minimum absolute atomic E-state index is 0.0885. The molecule has 0 radical (unpaired) electrons. The molecule has 0 bridgehead atoms. The Hall–Kier alpha value is -0.900. The molecule has 0 amide bonds. The van der Waals surface area contributed by atoms with Crippen molar-refractivity contribution < 1.29 is 13.2 Å². The molecule has 102 valence electrons. The van der Waals surface area contributed by atoms with Crippen LogP contribution in [0, 0.1) is 18.3 Å². The predicted octanol–water partition coefficient (Wildman–Crippen LogP) is -0.160. The van der Waals surface area contributed by atoms with Gasteiger partial charge in [0.25, 0.3) is 0 Å². The zero-order valence-electron chi connectivity index (χ0n) is 10.7. The number of sulfonamides is 1. The number of ketones is 1. The van der Waals surface area contributed by atoms with Crippen LogP contribution in [-0.2, 0) is 14.8 Å². The molecular formula is C12H20N2O3S. The van der Waals surface area contributed by atoms with Gasteiger partial charge < -0.3 is 0 Å². The first kappa shape index (κ1) is 15.2. The molecule has 1 saturated heterocycles. The van der Waals surface area contributed by atoms with Gasteiger partial charge in [-0.3, -0.25) is 10.1 Å². The molecule has 1 aliphatic heterocycles. The molecule has 0 aliphatic carbocycles. The SMILES string of the molecule is C#CCNCC(=O)CC1CCCN(S(C)(=O)=O)C1. The van der Waals surface area contributed by atoms with Gasteiger partial charge in [-0.15, -0.1) is 6.42 Å². The van der Waals surface area contributed by atoms with Crippen LogP contribution < -0.4 is 5.32 Å². The molecule has 1 fully saturated rings. The van der Waals surface area contributed by atoms with E-state index in [-0.39, 0.29) is 18.2 Å². The largest absolute Gasteiger partial charge is 0.299 e. The Morgan fingerprint density at radius 3 is 2.89 bits per heavy atom. The fraction of sp³-hybridized carbons (Fsp3) is 0.750. The fourth-order valence-electron chi connectivity index (χ4n) is 2.16. The van der Waals surface area contributed by atoms with Crippen LogP contribution >= 0.6 is 0 Å². The third-order valence-corrected chi connectivity index (χ3v) is 4.29. The number of piperidine rings is 1. The van der Waals surface area contributed by atoms with Gasteiger partial charge in [-0.25, -0.2) is 12.7 Å². The number of hydrogen-bond donors (Lipinski definition) is 1. The van der Waals surface area contributed by atoms with E-state index < -0.39 is 10.0 Å². The molecule has 18 heavy (non-hydrogen) atoms. The summed E-state index contributed by atoms with van der Waals surface area (Å²) in [5.41, 5.74) is 0. The molecule has 6 heteroatoms. The van der Waals surface area contributed by atoms with E-state index in [0.29, 0.717) is 26.1 Å². The maximum Gasteiger partial charge on any atom is 0.211 e. The first-order valence-corrected chi connectivity index (χ1v) is 7.89. The first-order valence-electron chi connectivity index (χ1n) is 6.04. The summed E-state index contributed by atoms with van der Waals surface area (Å²) >= 11 is 0. The number of nitrogens with zero attached hydrogens (tertiary/aromatic N) is 1. The van der Waals surface area contributed by atoms with Crippen molar-refractivity contribution in [3.8, 4) is 12.3 Å². The third kappa shape index (κ3) is 5.17. The van der Waals surface area contributed by atoms with Gasteiger partial charge in [0.1, 0.15) is 5.78 Å². The molecule has 1 unspecified atom stereocenters. The average molecular weight is 272 g/mol. The van der Waals surface area contributed by atoms with Crippen molar-refractivity contribution in [3.63, 3.8) is 0 Å². The molecule has 1 aliphatic rings. The minimum Gasteiger partial charge on any atom is -0.299 e. The average Bonchev–Trinajstić information content (AvgIpc) is 2.28. The second-order valence-corrected chi connectivity index (χ2v) is 6.66. The predicted molar refractivity (Wildman–Crippen MR) is 70.5 cm³/mol. The van der Waals surface area contributed by atoms with E-state index in [2.05, 4.69) is 11.2 Å². The fourth-order valence-corrected chi connectivity index (χ4v) is 3.11. The summed E-state index contributed by atoms with van der Waals surface area (Å²) < 4.78 is 24.3. The van der Waals surface area contributed by atoms with Crippen LogP contribution in [0.3, 0.4) is 0 Å². The Kier molecular flexibility index (Phi) is 5.79. The molecule has 1 atom stereocenters. The summed E-state index contributed by atoms with van der Waals surface area (Å²) in [6.45, 7) is 1.67. The molecule has 5 nitrogen and oxygen atoms in total. The lowest BCUT2D eigenvalue weighted by molar-refractivity contribution is -0.119. The quantitative estimate of drug-likeness (QED) is 0.539. The first-order chi connectivity index (χ1) is 8.43. The van der Waals surface area contributed by atoms with Crippen LogP contribution in [0.25, 0.3) is 0 Å². The Bertz CT molecular complexity index is 425. The van der Waals surface area contributed by atoms with Gasteiger partial charge in [0.2, 0.25) is 10.0 Å². The summed E-state index contributed by atoms with van der Waals surface area (Å²) in [4.78, 5) is 11.6. The maximum atomic E-state index is 11.6. The van der Waals surface area contributed by atoms with Crippen LogP contribution in [0.5, 0.6) is 0 Å². The number of carbonyl (C=O) groups is 1. The molecule has 1 heterocycles. The van der Waals surface area contributed by atoms with Gasteiger partial charge in [-0.2, -0.15) is 0 Å². The number of carbonyl (C=O) groups excluding carboxylic acids is 1. The molecule has 0 aromatic rings. The number of nitrogens with one attached hydrogen (secondary N) is 1. The van der Waals surface area contributed by atoms with Crippen LogP contribution in [-0.4, -0.2) is 50.9 Å². The Labute approximate surface area is 109 Å². The molecule has 0 aromatic heterocycles. The second-order valence-electron chi connectivity index (χ2n) is 4.68. The summed E-state index contributed by atoms with van der Waals surface area (Å²) in [6, 6.07) is 0. The van der Waals surface area contributed by atoms with Gasteiger partial charge in [0, 0.05) is 19.5 Å². The van der Waals surface area contributed by atoms with Crippen LogP contribution in [0.4, 0.5) is 0 Å². The maximum absolute atomic E-state index is 11.6. The van der Waals surface area contributed by atoms with Gasteiger partial charge in [-0.1, -0.05) is 5.92 Å². The summed E-state index contributed by atoms with van der Waals surface area (Å²) in [6.07, 6.45) is 8.43. The van der Waals surface area contributed by atoms with Gasteiger partial charge >= 0.3 is 0 Å². The van der Waals surface area contributed by atoms with E-state index in [1.165, 1.54) is 10.6 Å². The van der Waals surface area contributed by atoms with Crippen LogP contribution in [0.2, 0.25) is 0 Å². The Morgan fingerprint density at radius 1 is 1.56 bits per heavy atom. The lowest BCUT2D eigenvalue weighted by atomic mass is 9.94. The zero-order chi connectivity index (χ0) is 13.6. The standard InChI is InChI=1S/C12H20N2O3S/c1-3-6-13-9-12(15)8-11-5-4-7-14(10-11)18(2,16)17/h1,11,13H,4-10H2,2H3. The van der Waals surface area contributed by atoms with Crippen molar-refractivity contribution in [1.29, 1.82) is 0 Å². The van der Waals surface area contributed by atoms with E-state index in [1.807, 2.05) is 0 Å². The highest BCUT2D eigenvalue weighted by molar-refractivity contribution is 7.88. The summed E-state index contributed by atoms with van der Waals surface area (Å²) in [5.74, 6) is 2.62. The van der Waals surface area contributed by atoms with Crippen LogP contribution in [0.1, 0.15) is 19.3 Å². The van der Waals surface area contributed by atoms with Gasteiger partial charge in [-0.05, 0) is 18.8 Å². The number of rotatable bonds is 6. The van der Waals surface area contributed by atoms with Crippen molar-refractivity contribution in [1.82, 2.24) is 9.62 Å². The van der Waals surface area contributed by atoms with Crippen molar-refractivity contribution in [2.24, 2.45) is 5.92 Å². The number of terminal acetylenes is 1. The molecule has 1 rings (SSSR count). The van der Waals surface area contributed by atoms with E-state index >= 15 is 0 Å². The number of Topliss-reactive ketones (excluding diaryl/α,β-unsaturated/α-hetero) is 1. The summed E-state index contributed by atoms with van der Waals surface area (Å²) in [5, 5.41) is 2.85. The Morgan fingerprint density at radius 2 is 2.28 bits per heavy atom. The molecule has 0 saturated carbocycles. The van der Waals surface area contributed by atoms with Gasteiger partial charge in [0.05, 0.1) is 19.3 Å². The third-order valence-electron chi connectivity index (χ3n) is 3.02.